The number of rotatable bonds is 10. The number of carboxylic acid groups (broad SMARTS) is 1. The van der Waals surface area contributed by atoms with Gasteiger partial charge < -0.3 is 35.5 Å². The summed E-state index contributed by atoms with van der Waals surface area (Å²) >= 11 is 0. The first-order valence-corrected chi connectivity index (χ1v) is 17.8. The number of hydrogen-bond donors (Lipinski definition) is 3. The molecule has 5 aliphatic rings. The van der Waals surface area contributed by atoms with Gasteiger partial charge in [-0.1, -0.05) is 60.1 Å². The minimum atomic E-state index is -0.994. The van der Waals surface area contributed by atoms with E-state index in [-0.39, 0.29) is 41.8 Å². The summed E-state index contributed by atoms with van der Waals surface area (Å²) in [7, 11) is 0. The highest BCUT2D eigenvalue weighted by Gasteiger charge is 2.72. The first-order chi connectivity index (χ1) is 21.9. The van der Waals surface area contributed by atoms with Crippen LogP contribution in [-0.4, -0.2) is 74.2 Å². The molecule has 1 aliphatic heterocycles. The first kappa shape index (κ1) is 36.3. The largest absolute Gasteiger partial charge is 0.481 e. The quantitative estimate of drug-likeness (QED) is 0.170. The second-order valence-corrected chi connectivity index (χ2v) is 17.0. The van der Waals surface area contributed by atoms with E-state index >= 15 is 0 Å². The maximum atomic E-state index is 13.3. The van der Waals surface area contributed by atoms with Crippen LogP contribution < -0.4 is 11.5 Å². The predicted octanol–water partition coefficient (Wildman–Crippen LogP) is 4.72. The summed E-state index contributed by atoms with van der Waals surface area (Å²) in [5, 5.41) is 10.9. The summed E-state index contributed by atoms with van der Waals surface area (Å²) in [6, 6.07) is -0.994. The summed E-state index contributed by atoms with van der Waals surface area (Å²) in [4.78, 5) is 39.2. The van der Waals surface area contributed by atoms with Crippen molar-refractivity contribution < 1.29 is 38.4 Å². The summed E-state index contributed by atoms with van der Waals surface area (Å²) in [5.41, 5.74) is 11.0. The van der Waals surface area contributed by atoms with Crippen molar-refractivity contribution in [2.75, 3.05) is 33.0 Å². The SMILES string of the molecule is CC(=O)O[C@@H]1C[C@@]23COC[C@](C)([C@@H]2CC[C@H]2C3=CC[C@@]3(C)[C@H](C(=O)O)[C@@](C)([C@H](C)C(C)C)CC[C@]23C)[C@H]1OC(=O)C(N)COCCN. The lowest BCUT2D eigenvalue weighted by atomic mass is 9.34. The standard InChI is InChI=1S/C37H60N2O8/c1-21(2)22(3)33(5)13-14-35(7)24-9-10-28-34(6)19-45-20-37(28,25(24)11-12-36(35,8)29(33)31(41)42)17-27(46-23(4)40)30(34)47-32(43)26(39)18-44-16-15-38/h11,21-22,24,26-30H,9-10,12-20,38-39H2,1-8H3,(H,41,42)/t22-,24+,26?,27-,28+,29-,30+,33-,34-,35-,36+,37+/m1/s1. The molecule has 266 valence electrons. The third kappa shape index (κ3) is 5.48. The number of carbonyl (C=O) groups is 3. The number of allylic oxidation sites excluding steroid dienone is 1. The number of aliphatic carboxylic acids is 1. The fourth-order valence-corrected chi connectivity index (χ4v) is 11.7. The lowest BCUT2D eigenvalue weighted by Crippen LogP contribution is -2.70. The first-order valence-electron chi connectivity index (χ1n) is 17.8. The molecular weight excluding hydrogens is 600 g/mol. The van der Waals surface area contributed by atoms with Gasteiger partial charge in [-0.3, -0.25) is 14.4 Å². The van der Waals surface area contributed by atoms with Crippen LogP contribution in [0.25, 0.3) is 0 Å². The van der Waals surface area contributed by atoms with E-state index in [2.05, 4.69) is 54.5 Å². The van der Waals surface area contributed by atoms with Crippen molar-refractivity contribution in [1.29, 1.82) is 0 Å². The summed E-state index contributed by atoms with van der Waals surface area (Å²) in [6.07, 6.45) is 5.74. The Labute approximate surface area is 281 Å². The van der Waals surface area contributed by atoms with Gasteiger partial charge in [0.05, 0.1) is 32.3 Å². The van der Waals surface area contributed by atoms with Crippen LogP contribution in [0.2, 0.25) is 0 Å². The van der Waals surface area contributed by atoms with Gasteiger partial charge in [0.2, 0.25) is 0 Å². The van der Waals surface area contributed by atoms with Crippen molar-refractivity contribution in [3.05, 3.63) is 11.6 Å². The fraction of sp³-hybridized carbons (Fsp3) is 0.865. The average Bonchev–Trinajstić information content (AvgIpc) is 2.98. The topological polar surface area (TPSA) is 160 Å². The number of carboxylic acids is 1. The number of ether oxygens (including phenoxy) is 4. The molecule has 1 saturated heterocycles. The van der Waals surface area contributed by atoms with Crippen molar-refractivity contribution in [3.63, 3.8) is 0 Å². The maximum absolute atomic E-state index is 13.3. The fourth-order valence-electron chi connectivity index (χ4n) is 11.7. The molecule has 4 fully saturated rings. The molecule has 47 heavy (non-hydrogen) atoms. The molecule has 0 spiro atoms. The van der Waals surface area contributed by atoms with Crippen molar-refractivity contribution in [3.8, 4) is 0 Å². The van der Waals surface area contributed by atoms with Crippen LogP contribution in [0, 0.1) is 56.7 Å². The smallest absolute Gasteiger partial charge is 0.325 e. The molecule has 1 heterocycles. The van der Waals surface area contributed by atoms with E-state index in [9.17, 15) is 19.5 Å². The Morgan fingerprint density at radius 1 is 1.04 bits per heavy atom. The van der Waals surface area contributed by atoms with Crippen molar-refractivity contribution >= 4 is 17.9 Å². The maximum Gasteiger partial charge on any atom is 0.325 e. The Morgan fingerprint density at radius 3 is 2.36 bits per heavy atom. The lowest BCUT2D eigenvalue weighted by Gasteiger charge is -2.71. The molecule has 0 amide bonds. The highest BCUT2D eigenvalue weighted by atomic mass is 16.6. The van der Waals surface area contributed by atoms with E-state index in [0.717, 1.165) is 25.7 Å². The van der Waals surface area contributed by atoms with Crippen LogP contribution in [0.5, 0.6) is 0 Å². The zero-order valence-electron chi connectivity index (χ0n) is 29.9. The lowest BCUT2D eigenvalue weighted by molar-refractivity contribution is -0.263. The van der Waals surface area contributed by atoms with E-state index in [1.807, 2.05) is 0 Å². The van der Waals surface area contributed by atoms with Gasteiger partial charge in [-0.2, -0.15) is 0 Å². The molecule has 0 radical (unpaired) electrons. The van der Waals surface area contributed by atoms with Gasteiger partial charge in [-0.05, 0) is 78.4 Å². The Hall–Kier alpha value is -2.01. The van der Waals surface area contributed by atoms with Crippen molar-refractivity contribution in [2.24, 2.45) is 68.1 Å². The number of fused-ring (bicyclic) bond motifs is 3. The molecule has 0 aromatic heterocycles. The van der Waals surface area contributed by atoms with Gasteiger partial charge in [0.15, 0.2) is 0 Å². The second kappa shape index (κ2) is 12.7. The molecule has 0 aromatic rings. The highest BCUT2D eigenvalue weighted by Crippen LogP contribution is 2.75. The van der Waals surface area contributed by atoms with Crippen molar-refractivity contribution in [2.45, 2.75) is 112 Å². The Morgan fingerprint density at radius 2 is 1.74 bits per heavy atom. The third-order valence-corrected chi connectivity index (χ3v) is 14.5. The molecule has 4 aliphatic carbocycles. The highest BCUT2D eigenvalue weighted by molar-refractivity contribution is 5.76. The molecule has 1 unspecified atom stereocenters. The van der Waals surface area contributed by atoms with Gasteiger partial charge in [0.25, 0.3) is 0 Å². The van der Waals surface area contributed by atoms with Crippen LogP contribution in [-0.2, 0) is 33.3 Å². The third-order valence-electron chi connectivity index (χ3n) is 14.5. The van der Waals surface area contributed by atoms with Crippen LogP contribution in [0.15, 0.2) is 11.6 Å². The second-order valence-electron chi connectivity index (χ2n) is 17.0. The van der Waals surface area contributed by atoms with Crippen LogP contribution >= 0.6 is 0 Å². The number of carbonyl (C=O) groups excluding carboxylic acids is 2. The van der Waals surface area contributed by atoms with Gasteiger partial charge in [0.1, 0.15) is 18.2 Å². The van der Waals surface area contributed by atoms with E-state index < -0.39 is 58.3 Å². The Bertz CT molecular complexity index is 1270. The molecule has 10 heteroatoms. The number of esters is 2. The monoisotopic (exact) mass is 660 g/mol. The van der Waals surface area contributed by atoms with E-state index in [0.29, 0.717) is 38.5 Å². The summed E-state index contributed by atoms with van der Waals surface area (Å²) < 4.78 is 24.1. The van der Waals surface area contributed by atoms with Crippen LogP contribution in [0.1, 0.15) is 93.9 Å². The van der Waals surface area contributed by atoms with E-state index in [4.69, 9.17) is 30.4 Å². The molecule has 12 atom stereocenters. The van der Waals surface area contributed by atoms with Crippen molar-refractivity contribution in [1.82, 2.24) is 0 Å². The average molecular weight is 661 g/mol. The zero-order chi connectivity index (χ0) is 34.7. The van der Waals surface area contributed by atoms with Gasteiger partial charge in [-0.25, -0.2) is 0 Å². The molecule has 2 bridgehead atoms. The van der Waals surface area contributed by atoms with Crippen LogP contribution in [0.4, 0.5) is 0 Å². The number of hydrogen-bond acceptors (Lipinski definition) is 9. The summed E-state index contributed by atoms with van der Waals surface area (Å²) in [6.45, 7) is 18.4. The zero-order valence-corrected chi connectivity index (χ0v) is 29.9. The van der Waals surface area contributed by atoms with Gasteiger partial charge in [-0.15, -0.1) is 0 Å². The van der Waals surface area contributed by atoms with E-state index in [1.165, 1.54) is 12.5 Å². The Kier molecular flexibility index (Phi) is 9.81. The van der Waals surface area contributed by atoms with Gasteiger partial charge >= 0.3 is 17.9 Å². The predicted molar refractivity (Wildman–Crippen MR) is 177 cm³/mol. The minimum absolute atomic E-state index is 0.0141. The van der Waals surface area contributed by atoms with E-state index in [1.54, 1.807) is 0 Å². The molecule has 10 nitrogen and oxygen atoms in total. The molecule has 5 N–H and O–H groups in total. The minimum Gasteiger partial charge on any atom is -0.481 e. The normalized spacial score (nSPS) is 43.8. The molecule has 0 aromatic carbocycles. The number of nitrogens with two attached hydrogens (primary N) is 2. The molecule has 5 rings (SSSR count). The van der Waals surface area contributed by atoms with Crippen LogP contribution in [0.3, 0.4) is 0 Å². The Balaban J connectivity index is 1.54. The summed E-state index contributed by atoms with van der Waals surface area (Å²) in [5.74, 6) is -1.25. The molecular formula is C37H60N2O8. The molecule has 3 saturated carbocycles. The van der Waals surface area contributed by atoms with Gasteiger partial charge in [0, 0.05) is 24.3 Å².